The van der Waals surface area contributed by atoms with Gasteiger partial charge in [0.25, 0.3) is 5.91 Å². The topological polar surface area (TPSA) is 158 Å². The summed E-state index contributed by atoms with van der Waals surface area (Å²) in [5.74, 6) is 1.20. The van der Waals surface area contributed by atoms with Crippen molar-refractivity contribution in [2.24, 2.45) is 5.73 Å². The fourth-order valence-electron chi connectivity index (χ4n) is 5.14. The molecule has 11 nitrogen and oxygen atoms in total. The summed E-state index contributed by atoms with van der Waals surface area (Å²) < 4.78 is 9.05. The molecule has 1 aliphatic heterocycles. The molecule has 0 bridgehead atoms. The molecule has 1 aliphatic carbocycles. The van der Waals surface area contributed by atoms with Crippen LogP contribution in [0.2, 0.25) is 0 Å². The predicted octanol–water partition coefficient (Wildman–Crippen LogP) is 3.06. The Hall–Kier alpha value is -4.95. The number of carbonyl (C=O) groups is 1. The van der Waals surface area contributed by atoms with E-state index >= 15 is 0 Å². The van der Waals surface area contributed by atoms with E-state index in [2.05, 4.69) is 9.97 Å². The zero-order valence-electron chi connectivity index (χ0n) is 21.7. The van der Waals surface area contributed by atoms with Crippen LogP contribution in [0.3, 0.4) is 0 Å². The van der Waals surface area contributed by atoms with Crippen LogP contribution in [0, 0.1) is 11.3 Å². The second-order valence-corrected chi connectivity index (χ2v) is 10.3. The number of hydrogen-bond acceptors (Lipinski definition) is 8. The van der Waals surface area contributed by atoms with Crippen LogP contribution in [0.25, 0.3) is 16.9 Å². The largest absolute Gasteiger partial charge is 0.457 e. The molecule has 2 aromatic carbocycles. The Labute approximate surface area is 229 Å². The summed E-state index contributed by atoms with van der Waals surface area (Å²) >= 11 is 0. The number of nitrogens with zero attached hydrogens (tertiary/aromatic N) is 6. The summed E-state index contributed by atoms with van der Waals surface area (Å²) in [5, 5.41) is 9.53. The Balaban J connectivity index is 1.27. The van der Waals surface area contributed by atoms with Crippen molar-refractivity contribution in [1.82, 2.24) is 24.0 Å². The molecular weight excluding hydrogens is 508 g/mol. The van der Waals surface area contributed by atoms with Crippen molar-refractivity contribution in [3.8, 4) is 23.3 Å². The molecule has 2 aliphatic rings. The molecule has 0 atom stereocenters. The lowest BCUT2D eigenvalue weighted by Crippen LogP contribution is -2.41. The maximum absolute atomic E-state index is 13.9. The Morgan fingerprint density at radius 3 is 2.38 bits per heavy atom. The van der Waals surface area contributed by atoms with E-state index in [0.29, 0.717) is 54.3 Å². The molecule has 1 saturated carbocycles. The predicted molar refractivity (Wildman–Crippen MR) is 149 cm³/mol. The number of amides is 1. The number of hydrogen-bond donors (Lipinski definition) is 2. The van der Waals surface area contributed by atoms with Crippen LogP contribution < -0.4 is 21.9 Å². The highest BCUT2D eigenvalue weighted by atomic mass is 16.5. The molecule has 11 heteroatoms. The molecule has 40 heavy (non-hydrogen) atoms. The lowest BCUT2D eigenvalue weighted by atomic mass is 10.0. The first kappa shape index (κ1) is 25.3. The van der Waals surface area contributed by atoms with Gasteiger partial charge in [-0.15, -0.1) is 0 Å². The summed E-state index contributed by atoms with van der Waals surface area (Å²) in [6.07, 6.45) is 5.52. The van der Waals surface area contributed by atoms with E-state index in [1.165, 1.54) is 10.9 Å². The third-order valence-electron chi connectivity index (χ3n) is 7.48. The van der Waals surface area contributed by atoms with Gasteiger partial charge in [-0.3, -0.25) is 13.9 Å². The molecule has 4 N–H and O–H groups in total. The number of piperidine rings is 1. The highest BCUT2D eigenvalue weighted by Gasteiger charge is 2.38. The standard InChI is InChI=1S/C29H28N8O3/c30-17-19(16-29(32)12-13-29)27(38)35-14-10-21(11-15-35)37-26-24(25(31)33-18-34-26)36(28(37)39)20-6-8-23(9-7-20)40-22-4-2-1-3-5-22/h1-9,16,18,21H,10-15,32H2,(H2,31,33,34)/b19-16+. The van der Waals surface area contributed by atoms with E-state index < -0.39 is 5.54 Å². The van der Waals surface area contributed by atoms with Gasteiger partial charge < -0.3 is 21.1 Å². The summed E-state index contributed by atoms with van der Waals surface area (Å²) in [7, 11) is 0. The number of benzene rings is 2. The van der Waals surface area contributed by atoms with E-state index in [-0.39, 0.29) is 29.0 Å². The van der Waals surface area contributed by atoms with Gasteiger partial charge in [-0.1, -0.05) is 18.2 Å². The lowest BCUT2D eigenvalue weighted by Gasteiger charge is -2.32. The number of nitrogen functional groups attached to an aromatic ring is 1. The highest BCUT2D eigenvalue weighted by Crippen LogP contribution is 2.35. The maximum atomic E-state index is 13.9. The number of imidazole rings is 1. The fourth-order valence-corrected chi connectivity index (χ4v) is 5.14. The number of nitriles is 1. The molecule has 4 aromatic rings. The van der Waals surface area contributed by atoms with Crippen LogP contribution in [0.15, 0.2) is 77.4 Å². The second kappa shape index (κ2) is 9.98. The quantitative estimate of drug-likeness (QED) is 0.281. The van der Waals surface area contributed by atoms with Gasteiger partial charge >= 0.3 is 5.69 Å². The van der Waals surface area contributed by atoms with Gasteiger partial charge in [0.1, 0.15) is 35.0 Å². The van der Waals surface area contributed by atoms with E-state index in [1.54, 1.807) is 39.8 Å². The number of ether oxygens (including phenoxy) is 1. The Kier molecular flexibility index (Phi) is 6.32. The molecule has 2 aromatic heterocycles. The van der Waals surface area contributed by atoms with Crippen molar-refractivity contribution in [2.75, 3.05) is 18.8 Å². The number of rotatable bonds is 6. The van der Waals surface area contributed by atoms with E-state index in [0.717, 1.165) is 12.8 Å². The molecule has 6 rings (SSSR count). The average molecular weight is 537 g/mol. The third-order valence-corrected chi connectivity index (χ3v) is 7.48. The number of nitrogens with two attached hydrogens (primary N) is 2. The maximum Gasteiger partial charge on any atom is 0.335 e. The highest BCUT2D eigenvalue weighted by molar-refractivity contribution is 5.97. The number of anilines is 1. The van der Waals surface area contributed by atoms with Crippen LogP contribution in [0.4, 0.5) is 5.82 Å². The monoisotopic (exact) mass is 536 g/mol. The van der Waals surface area contributed by atoms with Crippen molar-refractivity contribution < 1.29 is 9.53 Å². The van der Waals surface area contributed by atoms with Crippen LogP contribution >= 0.6 is 0 Å². The lowest BCUT2D eigenvalue weighted by molar-refractivity contribution is -0.128. The van der Waals surface area contributed by atoms with Gasteiger partial charge in [0, 0.05) is 24.7 Å². The second-order valence-electron chi connectivity index (χ2n) is 10.3. The molecule has 1 saturated heterocycles. The molecule has 0 unspecified atom stereocenters. The molecule has 2 fully saturated rings. The first-order valence-corrected chi connectivity index (χ1v) is 13.1. The van der Waals surface area contributed by atoms with Crippen molar-refractivity contribution >= 4 is 22.9 Å². The van der Waals surface area contributed by atoms with Crippen molar-refractivity contribution in [3.63, 3.8) is 0 Å². The third kappa shape index (κ3) is 4.69. The van der Waals surface area contributed by atoms with Crippen molar-refractivity contribution in [3.05, 3.63) is 83.1 Å². The number of likely N-dealkylation sites (tertiary alicyclic amines) is 1. The number of para-hydroxylation sites is 1. The first-order chi connectivity index (χ1) is 19.4. The normalized spacial score (nSPS) is 17.0. The summed E-state index contributed by atoms with van der Waals surface area (Å²) in [4.78, 5) is 37.1. The van der Waals surface area contributed by atoms with E-state index in [4.69, 9.17) is 16.2 Å². The first-order valence-electron chi connectivity index (χ1n) is 13.1. The zero-order valence-corrected chi connectivity index (χ0v) is 21.7. The number of aromatic nitrogens is 4. The summed E-state index contributed by atoms with van der Waals surface area (Å²) in [6.45, 7) is 0.788. The summed E-state index contributed by atoms with van der Waals surface area (Å²) in [5.41, 5.74) is 13.1. The van der Waals surface area contributed by atoms with Crippen LogP contribution in [0.5, 0.6) is 11.5 Å². The molecular formula is C29H28N8O3. The fraction of sp³-hybridized carbons (Fsp3) is 0.276. The van der Waals surface area contributed by atoms with Gasteiger partial charge in [0.05, 0.1) is 5.69 Å². The van der Waals surface area contributed by atoms with E-state index in [9.17, 15) is 14.9 Å². The van der Waals surface area contributed by atoms with Crippen molar-refractivity contribution in [2.45, 2.75) is 37.3 Å². The number of carbonyl (C=O) groups excluding carboxylic acids is 1. The molecule has 3 heterocycles. The van der Waals surface area contributed by atoms with Crippen LogP contribution in [0.1, 0.15) is 31.7 Å². The molecule has 1 amide bonds. The minimum absolute atomic E-state index is 0.0763. The van der Waals surface area contributed by atoms with Gasteiger partial charge in [-0.05, 0) is 68.2 Å². The molecule has 0 spiro atoms. The number of fused-ring (bicyclic) bond motifs is 1. The smallest absolute Gasteiger partial charge is 0.335 e. The van der Waals surface area contributed by atoms with Gasteiger partial charge in [-0.25, -0.2) is 14.8 Å². The van der Waals surface area contributed by atoms with Crippen LogP contribution in [-0.4, -0.2) is 48.5 Å². The Morgan fingerprint density at radius 1 is 1.05 bits per heavy atom. The Morgan fingerprint density at radius 2 is 1.73 bits per heavy atom. The SMILES string of the molecule is N#C/C(=C\C1(N)CC1)C(=O)N1CCC(n2c(=O)n(-c3ccc(Oc4ccccc4)cc3)c3c(N)ncnc32)CC1. The van der Waals surface area contributed by atoms with Crippen LogP contribution in [-0.2, 0) is 4.79 Å². The van der Waals surface area contributed by atoms with Gasteiger partial charge in [0.15, 0.2) is 11.5 Å². The minimum atomic E-state index is -0.542. The Bertz CT molecular complexity index is 1700. The van der Waals surface area contributed by atoms with E-state index in [1.807, 2.05) is 36.4 Å². The molecule has 202 valence electrons. The van der Waals surface area contributed by atoms with Crippen molar-refractivity contribution in [1.29, 1.82) is 5.26 Å². The van der Waals surface area contributed by atoms with Gasteiger partial charge in [-0.2, -0.15) is 5.26 Å². The molecule has 0 radical (unpaired) electrons. The zero-order chi connectivity index (χ0) is 27.9. The average Bonchev–Trinajstić information content (AvgIpc) is 3.63. The van der Waals surface area contributed by atoms with Gasteiger partial charge in [0.2, 0.25) is 0 Å². The minimum Gasteiger partial charge on any atom is -0.457 e. The summed E-state index contributed by atoms with van der Waals surface area (Å²) in [6, 6.07) is 18.4.